The van der Waals surface area contributed by atoms with E-state index in [1.54, 1.807) is 6.20 Å². The molecule has 0 saturated carbocycles. The molecule has 1 atom stereocenters. The Morgan fingerprint density at radius 1 is 1.45 bits per heavy atom. The smallest absolute Gasteiger partial charge is 0.253 e. The highest BCUT2D eigenvalue weighted by Gasteiger charge is 2.18. The summed E-state index contributed by atoms with van der Waals surface area (Å²) < 4.78 is 0. The van der Waals surface area contributed by atoms with Crippen molar-refractivity contribution in [2.24, 2.45) is 0 Å². The first-order chi connectivity index (χ1) is 9.38. The molecule has 0 fully saturated rings. The summed E-state index contributed by atoms with van der Waals surface area (Å²) in [5.41, 5.74) is 6.33. The van der Waals surface area contributed by atoms with Crippen LogP contribution >= 0.6 is 34.5 Å². The highest BCUT2D eigenvalue weighted by Crippen LogP contribution is 2.29. The van der Waals surface area contributed by atoms with Crippen molar-refractivity contribution in [1.29, 1.82) is 0 Å². The van der Waals surface area contributed by atoms with Crippen LogP contribution < -0.4 is 11.1 Å². The van der Waals surface area contributed by atoms with Gasteiger partial charge in [0.15, 0.2) is 0 Å². The number of nitrogen functional groups attached to an aromatic ring is 1. The van der Waals surface area contributed by atoms with Gasteiger partial charge in [-0.3, -0.25) is 4.79 Å². The number of nitrogens with zero attached hydrogens (tertiary/aromatic N) is 1. The second-order valence-corrected chi connectivity index (χ2v) is 6.42. The molecule has 0 bridgehead atoms. The van der Waals surface area contributed by atoms with E-state index in [-0.39, 0.29) is 27.6 Å². The average molecular weight is 330 g/mol. The van der Waals surface area contributed by atoms with Gasteiger partial charge < -0.3 is 11.1 Å². The van der Waals surface area contributed by atoms with Gasteiger partial charge in [0.25, 0.3) is 5.91 Å². The lowest BCUT2D eigenvalue weighted by atomic mass is 10.1. The van der Waals surface area contributed by atoms with Crippen molar-refractivity contribution >= 4 is 46.1 Å². The van der Waals surface area contributed by atoms with Gasteiger partial charge in [-0.05, 0) is 26.0 Å². The van der Waals surface area contributed by atoms with Gasteiger partial charge >= 0.3 is 0 Å². The first-order valence-corrected chi connectivity index (χ1v) is 7.43. The van der Waals surface area contributed by atoms with E-state index in [2.05, 4.69) is 10.3 Å². The summed E-state index contributed by atoms with van der Waals surface area (Å²) in [5, 5.41) is 4.12. The summed E-state index contributed by atoms with van der Waals surface area (Å²) in [7, 11) is 0. The molecule has 20 heavy (non-hydrogen) atoms. The molecule has 2 aromatic rings. The van der Waals surface area contributed by atoms with E-state index >= 15 is 0 Å². The van der Waals surface area contributed by atoms with Crippen LogP contribution in [0.4, 0.5) is 5.69 Å². The lowest BCUT2D eigenvalue weighted by molar-refractivity contribution is 0.0940. The van der Waals surface area contributed by atoms with Crippen LogP contribution in [-0.4, -0.2) is 10.9 Å². The molecule has 3 N–H and O–H groups in total. The molecule has 7 heteroatoms. The average Bonchev–Trinajstić information content (AvgIpc) is 2.80. The molecule has 0 radical (unpaired) electrons. The third kappa shape index (κ3) is 3.23. The lowest BCUT2D eigenvalue weighted by Crippen LogP contribution is -2.27. The number of amides is 1. The Bertz CT molecular complexity index is 657. The third-order valence-corrected chi connectivity index (χ3v) is 4.55. The first kappa shape index (κ1) is 15.1. The zero-order chi connectivity index (χ0) is 14.9. The van der Waals surface area contributed by atoms with Crippen LogP contribution in [0.2, 0.25) is 10.0 Å². The van der Waals surface area contributed by atoms with E-state index in [1.807, 2.05) is 13.8 Å². The maximum atomic E-state index is 12.2. The van der Waals surface area contributed by atoms with Crippen molar-refractivity contribution in [3.05, 3.63) is 43.8 Å². The quantitative estimate of drug-likeness (QED) is 0.841. The predicted octanol–water partition coefficient (Wildman–Crippen LogP) is 3.83. The highest BCUT2D eigenvalue weighted by molar-refractivity contribution is 7.11. The van der Waals surface area contributed by atoms with Crippen molar-refractivity contribution < 1.29 is 4.79 Å². The van der Waals surface area contributed by atoms with Crippen molar-refractivity contribution in [1.82, 2.24) is 10.3 Å². The molecule has 1 aromatic heterocycles. The number of rotatable bonds is 3. The standard InChI is InChI=1S/C13H13Cl2N3OS/c1-6-5-17-13(20-6)7(2)18-12(19)9-3-8(16)4-10(14)11(9)15/h3-5,7H,16H2,1-2H3,(H,18,19). The Balaban J connectivity index is 2.20. The lowest BCUT2D eigenvalue weighted by Gasteiger charge is -2.13. The van der Waals surface area contributed by atoms with Gasteiger partial charge in [0.1, 0.15) is 5.01 Å². The molecular weight excluding hydrogens is 317 g/mol. The summed E-state index contributed by atoms with van der Waals surface area (Å²) in [5.74, 6) is -0.329. The number of hydrogen-bond acceptors (Lipinski definition) is 4. The number of hydrogen-bond donors (Lipinski definition) is 2. The number of carbonyl (C=O) groups is 1. The summed E-state index contributed by atoms with van der Waals surface area (Å²) in [6.45, 7) is 3.82. The van der Waals surface area contributed by atoms with Crippen LogP contribution in [0.3, 0.4) is 0 Å². The van der Waals surface area contributed by atoms with E-state index in [0.717, 1.165) is 9.88 Å². The zero-order valence-corrected chi connectivity index (χ0v) is 13.2. The van der Waals surface area contributed by atoms with E-state index in [9.17, 15) is 4.79 Å². The van der Waals surface area contributed by atoms with Crippen LogP contribution in [0.25, 0.3) is 0 Å². The van der Waals surface area contributed by atoms with Crippen LogP contribution in [0.15, 0.2) is 18.3 Å². The van der Waals surface area contributed by atoms with Crippen molar-refractivity contribution in [3.63, 3.8) is 0 Å². The first-order valence-electron chi connectivity index (χ1n) is 5.86. The molecule has 1 aromatic carbocycles. The molecular formula is C13H13Cl2N3OS. The number of anilines is 1. The molecule has 0 spiro atoms. The molecule has 2 rings (SSSR count). The van der Waals surface area contributed by atoms with Gasteiger partial charge in [-0.2, -0.15) is 0 Å². The molecule has 0 saturated heterocycles. The van der Waals surface area contributed by atoms with Crippen LogP contribution in [0.5, 0.6) is 0 Å². The van der Waals surface area contributed by atoms with Crippen LogP contribution in [0.1, 0.15) is 33.2 Å². The maximum absolute atomic E-state index is 12.2. The minimum atomic E-state index is -0.329. The summed E-state index contributed by atoms with van der Waals surface area (Å²) >= 11 is 13.5. The Morgan fingerprint density at radius 3 is 2.75 bits per heavy atom. The fourth-order valence-electron chi connectivity index (χ4n) is 1.68. The van der Waals surface area contributed by atoms with E-state index in [0.29, 0.717) is 5.69 Å². The number of thiazole rings is 1. The Hall–Kier alpha value is -1.30. The summed E-state index contributed by atoms with van der Waals surface area (Å²) in [6.07, 6.45) is 1.77. The van der Waals surface area contributed by atoms with Crippen molar-refractivity contribution in [2.45, 2.75) is 19.9 Å². The minimum absolute atomic E-state index is 0.195. The summed E-state index contributed by atoms with van der Waals surface area (Å²) in [6, 6.07) is 2.80. The number of aryl methyl sites for hydroxylation is 1. The monoisotopic (exact) mass is 329 g/mol. The summed E-state index contributed by atoms with van der Waals surface area (Å²) in [4.78, 5) is 17.6. The predicted molar refractivity (Wildman–Crippen MR) is 83.6 cm³/mol. The largest absolute Gasteiger partial charge is 0.399 e. The molecule has 4 nitrogen and oxygen atoms in total. The number of carbonyl (C=O) groups excluding carboxylic acids is 1. The number of aromatic nitrogens is 1. The van der Waals surface area contributed by atoms with Crippen LogP contribution in [-0.2, 0) is 0 Å². The second-order valence-electron chi connectivity index (χ2n) is 4.37. The maximum Gasteiger partial charge on any atom is 0.253 e. The number of halogens is 2. The normalized spacial score (nSPS) is 12.2. The highest BCUT2D eigenvalue weighted by atomic mass is 35.5. The van der Waals surface area contributed by atoms with E-state index in [4.69, 9.17) is 28.9 Å². The number of nitrogens with one attached hydrogen (secondary N) is 1. The van der Waals surface area contributed by atoms with Crippen molar-refractivity contribution in [2.75, 3.05) is 5.73 Å². The molecule has 1 unspecified atom stereocenters. The third-order valence-electron chi connectivity index (χ3n) is 2.65. The number of benzene rings is 1. The molecule has 0 aliphatic heterocycles. The van der Waals surface area contributed by atoms with Gasteiger partial charge in [0.05, 0.1) is 21.7 Å². The topological polar surface area (TPSA) is 68.0 Å². The van der Waals surface area contributed by atoms with Gasteiger partial charge in [0.2, 0.25) is 0 Å². The Kier molecular flexibility index (Phi) is 4.52. The second kappa shape index (κ2) is 5.99. The molecule has 106 valence electrons. The molecule has 0 aliphatic carbocycles. The SMILES string of the molecule is Cc1cnc(C(C)NC(=O)c2cc(N)cc(Cl)c2Cl)s1. The molecule has 1 heterocycles. The van der Waals surface area contributed by atoms with Gasteiger partial charge in [-0.15, -0.1) is 11.3 Å². The van der Waals surface area contributed by atoms with E-state index in [1.165, 1.54) is 23.5 Å². The molecule has 0 aliphatic rings. The van der Waals surface area contributed by atoms with Gasteiger partial charge in [-0.25, -0.2) is 4.98 Å². The zero-order valence-electron chi connectivity index (χ0n) is 10.9. The van der Waals surface area contributed by atoms with Crippen LogP contribution in [0, 0.1) is 6.92 Å². The molecule has 1 amide bonds. The Morgan fingerprint density at radius 2 is 2.15 bits per heavy atom. The van der Waals surface area contributed by atoms with Crippen molar-refractivity contribution in [3.8, 4) is 0 Å². The fraction of sp³-hybridized carbons (Fsp3) is 0.231. The number of nitrogens with two attached hydrogens (primary N) is 1. The Labute approximate surface area is 130 Å². The minimum Gasteiger partial charge on any atom is -0.399 e. The van der Waals surface area contributed by atoms with Gasteiger partial charge in [-0.1, -0.05) is 23.2 Å². The fourth-order valence-corrected chi connectivity index (χ4v) is 2.88. The van der Waals surface area contributed by atoms with E-state index < -0.39 is 0 Å². The van der Waals surface area contributed by atoms with Gasteiger partial charge in [0, 0.05) is 16.8 Å².